The molecule has 12 heavy (non-hydrogen) atoms. The van der Waals surface area contributed by atoms with E-state index >= 15 is 0 Å². The minimum Gasteiger partial charge on any atom is -0.353 e. The summed E-state index contributed by atoms with van der Waals surface area (Å²) in [6.45, 7) is 5.26. The van der Waals surface area contributed by atoms with Crippen LogP contribution >= 0.6 is 0 Å². The Hall–Kier alpha value is -0.410. The minimum absolute atomic E-state index is 0.142. The molecule has 3 nitrogen and oxygen atoms in total. The maximum Gasteiger partial charge on any atom is 0.154 e. The summed E-state index contributed by atoms with van der Waals surface area (Å²) in [6, 6.07) is 0. The van der Waals surface area contributed by atoms with Crippen LogP contribution in [0.25, 0.3) is 0 Å². The molecular formula is C9H18O3. The lowest BCUT2D eigenvalue weighted by molar-refractivity contribution is -0.132. The maximum atomic E-state index is 9.93. The van der Waals surface area contributed by atoms with E-state index < -0.39 is 0 Å². The van der Waals surface area contributed by atoms with Crippen LogP contribution in [0.3, 0.4) is 0 Å². The van der Waals surface area contributed by atoms with Crippen molar-refractivity contribution < 1.29 is 14.3 Å². The SMILES string of the molecule is CCCOC(C)OCCCC=O. The molecular weight excluding hydrogens is 156 g/mol. The molecule has 0 fully saturated rings. The molecule has 0 saturated heterocycles. The average molecular weight is 174 g/mol. The van der Waals surface area contributed by atoms with Crippen molar-refractivity contribution in [2.24, 2.45) is 0 Å². The van der Waals surface area contributed by atoms with Crippen LogP contribution in [0, 0.1) is 0 Å². The lowest BCUT2D eigenvalue weighted by Crippen LogP contribution is -2.14. The number of ether oxygens (including phenoxy) is 2. The van der Waals surface area contributed by atoms with E-state index in [0.717, 1.165) is 25.7 Å². The zero-order valence-electron chi connectivity index (χ0n) is 7.91. The van der Waals surface area contributed by atoms with Gasteiger partial charge in [-0.1, -0.05) is 6.92 Å². The Morgan fingerprint density at radius 2 is 2.00 bits per heavy atom. The summed E-state index contributed by atoms with van der Waals surface area (Å²) in [5.41, 5.74) is 0. The van der Waals surface area contributed by atoms with Gasteiger partial charge in [-0.15, -0.1) is 0 Å². The Balaban J connectivity index is 3.07. The van der Waals surface area contributed by atoms with Crippen LogP contribution in [-0.4, -0.2) is 25.8 Å². The third-order valence-corrected chi connectivity index (χ3v) is 1.38. The van der Waals surface area contributed by atoms with Crippen LogP contribution in [0.5, 0.6) is 0 Å². The van der Waals surface area contributed by atoms with Crippen LogP contribution in [0.2, 0.25) is 0 Å². The number of unbranched alkanes of at least 4 members (excludes halogenated alkanes) is 1. The van der Waals surface area contributed by atoms with Gasteiger partial charge in [0.1, 0.15) is 6.29 Å². The van der Waals surface area contributed by atoms with Crippen molar-refractivity contribution in [3.8, 4) is 0 Å². The zero-order valence-corrected chi connectivity index (χ0v) is 7.91. The largest absolute Gasteiger partial charge is 0.353 e. The first kappa shape index (κ1) is 11.6. The lowest BCUT2D eigenvalue weighted by atomic mass is 10.3. The Morgan fingerprint density at radius 3 is 2.58 bits per heavy atom. The summed E-state index contributed by atoms with van der Waals surface area (Å²) in [5.74, 6) is 0. The van der Waals surface area contributed by atoms with E-state index in [-0.39, 0.29) is 6.29 Å². The minimum atomic E-state index is -0.142. The van der Waals surface area contributed by atoms with Gasteiger partial charge in [-0.25, -0.2) is 0 Å². The van der Waals surface area contributed by atoms with E-state index in [0.29, 0.717) is 13.0 Å². The van der Waals surface area contributed by atoms with Crippen molar-refractivity contribution in [1.82, 2.24) is 0 Å². The van der Waals surface area contributed by atoms with Crippen LogP contribution in [0.4, 0.5) is 0 Å². The summed E-state index contributed by atoms with van der Waals surface area (Å²) >= 11 is 0. The van der Waals surface area contributed by atoms with Gasteiger partial charge in [-0.05, 0) is 19.8 Å². The number of aldehydes is 1. The van der Waals surface area contributed by atoms with E-state index in [1.54, 1.807) is 0 Å². The van der Waals surface area contributed by atoms with Gasteiger partial charge < -0.3 is 14.3 Å². The van der Waals surface area contributed by atoms with Gasteiger partial charge in [-0.2, -0.15) is 0 Å². The van der Waals surface area contributed by atoms with E-state index in [1.165, 1.54) is 0 Å². The highest BCUT2D eigenvalue weighted by Gasteiger charge is 1.99. The van der Waals surface area contributed by atoms with E-state index in [9.17, 15) is 4.79 Å². The molecule has 0 aromatic carbocycles. The highest BCUT2D eigenvalue weighted by Crippen LogP contribution is 1.96. The first-order valence-electron chi connectivity index (χ1n) is 4.48. The molecule has 1 atom stereocenters. The molecule has 0 spiro atoms. The van der Waals surface area contributed by atoms with Gasteiger partial charge in [-0.3, -0.25) is 0 Å². The smallest absolute Gasteiger partial charge is 0.154 e. The molecule has 0 radical (unpaired) electrons. The van der Waals surface area contributed by atoms with Gasteiger partial charge in [0.15, 0.2) is 6.29 Å². The second-order valence-corrected chi connectivity index (χ2v) is 2.62. The summed E-state index contributed by atoms with van der Waals surface area (Å²) in [7, 11) is 0. The van der Waals surface area contributed by atoms with Crippen LogP contribution in [0.15, 0.2) is 0 Å². The predicted molar refractivity (Wildman–Crippen MR) is 47.0 cm³/mol. The van der Waals surface area contributed by atoms with Crippen molar-refractivity contribution in [3.63, 3.8) is 0 Å². The fraction of sp³-hybridized carbons (Fsp3) is 0.889. The number of carbonyl (C=O) groups excluding carboxylic acids is 1. The van der Waals surface area contributed by atoms with Crippen molar-refractivity contribution >= 4 is 6.29 Å². The number of carbonyl (C=O) groups is 1. The highest BCUT2D eigenvalue weighted by molar-refractivity contribution is 5.48. The molecule has 0 saturated carbocycles. The summed E-state index contributed by atoms with van der Waals surface area (Å²) < 4.78 is 10.5. The standard InChI is InChI=1S/C9H18O3/c1-3-7-11-9(2)12-8-5-4-6-10/h6,9H,3-5,7-8H2,1-2H3. The first-order valence-corrected chi connectivity index (χ1v) is 4.48. The summed E-state index contributed by atoms with van der Waals surface area (Å²) in [4.78, 5) is 9.93. The number of hydrogen-bond acceptors (Lipinski definition) is 3. The molecule has 0 aliphatic heterocycles. The Morgan fingerprint density at radius 1 is 1.33 bits per heavy atom. The lowest BCUT2D eigenvalue weighted by Gasteiger charge is -2.12. The normalized spacial score (nSPS) is 12.8. The number of rotatable bonds is 8. The maximum absolute atomic E-state index is 9.93. The Labute approximate surface area is 74.0 Å². The predicted octanol–water partition coefficient (Wildman–Crippen LogP) is 1.75. The van der Waals surface area contributed by atoms with Crippen LogP contribution < -0.4 is 0 Å². The van der Waals surface area contributed by atoms with Crippen molar-refractivity contribution in [2.75, 3.05) is 13.2 Å². The molecule has 3 heteroatoms. The molecule has 0 amide bonds. The van der Waals surface area contributed by atoms with E-state index in [1.807, 2.05) is 6.92 Å². The summed E-state index contributed by atoms with van der Waals surface area (Å²) in [5, 5.41) is 0. The third kappa shape index (κ3) is 7.69. The van der Waals surface area contributed by atoms with E-state index in [2.05, 4.69) is 6.92 Å². The van der Waals surface area contributed by atoms with Crippen molar-refractivity contribution in [3.05, 3.63) is 0 Å². The second-order valence-electron chi connectivity index (χ2n) is 2.62. The van der Waals surface area contributed by atoms with Gasteiger partial charge >= 0.3 is 0 Å². The van der Waals surface area contributed by atoms with Gasteiger partial charge in [0.05, 0.1) is 6.61 Å². The fourth-order valence-corrected chi connectivity index (χ4v) is 0.748. The average Bonchev–Trinajstić information content (AvgIpc) is 2.09. The zero-order chi connectivity index (χ0) is 9.23. The van der Waals surface area contributed by atoms with E-state index in [4.69, 9.17) is 9.47 Å². The molecule has 0 bridgehead atoms. The third-order valence-electron chi connectivity index (χ3n) is 1.38. The Kier molecular flexibility index (Phi) is 8.39. The molecule has 0 rings (SSSR count). The molecule has 0 aliphatic rings. The topological polar surface area (TPSA) is 35.5 Å². The fourth-order valence-electron chi connectivity index (χ4n) is 0.748. The molecule has 0 aliphatic carbocycles. The van der Waals surface area contributed by atoms with Gasteiger partial charge in [0.25, 0.3) is 0 Å². The van der Waals surface area contributed by atoms with Crippen LogP contribution in [-0.2, 0) is 14.3 Å². The van der Waals surface area contributed by atoms with Gasteiger partial charge in [0, 0.05) is 13.0 Å². The highest BCUT2D eigenvalue weighted by atomic mass is 16.7. The molecule has 0 N–H and O–H groups in total. The van der Waals surface area contributed by atoms with Crippen molar-refractivity contribution in [2.45, 2.75) is 39.4 Å². The van der Waals surface area contributed by atoms with Gasteiger partial charge in [0.2, 0.25) is 0 Å². The van der Waals surface area contributed by atoms with Crippen LogP contribution in [0.1, 0.15) is 33.1 Å². The quantitative estimate of drug-likeness (QED) is 0.319. The van der Waals surface area contributed by atoms with Crippen molar-refractivity contribution in [1.29, 1.82) is 0 Å². The first-order chi connectivity index (χ1) is 5.81. The molecule has 1 unspecified atom stereocenters. The summed E-state index contributed by atoms with van der Waals surface area (Å²) in [6.07, 6.45) is 3.11. The monoisotopic (exact) mass is 174 g/mol. The number of hydrogen-bond donors (Lipinski definition) is 0. The Bertz CT molecular complexity index is 104. The molecule has 0 aromatic rings. The molecule has 0 aromatic heterocycles. The molecule has 72 valence electrons. The second kappa shape index (κ2) is 8.68. The molecule has 0 heterocycles.